The highest BCUT2D eigenvalue weighted by Crippen LogP contribution is 2.51. The Balaban J connectivity index is 1.79. The van der Waals surface area contributed by atoms with Crippen molar-refractivity contribution < 1.29 is 9.90 Å². The number of rotatable bonds is 4. The van der Waals surface area contributed by atoms with Crippen LogP contribution in [0.25, 0.3) is 0 Å². The number of hydrogen-bond donors (Lipinski definition) is 2. The molecule has 4 rings (SSSR count). The van der Waals surface area contributed by atoms with Gasteiger partial charge in [-0.3, -0.25) is 4.79 Å². The van der Waals surface area contributed by atoms with Crippen LogP contribution >= 0.6 is 11.3 Å². The number of amides is 1. The number of aliphatic hydroxyl groups is 1. The van der Waals surface area contributed by atoms with Gasteiger partial charge in [0.25, 0.3) is 0 Å². The third-order valence-electron chi connectivity index (χ3n) is 5.13. The third kappa shape index (κ3) is 2.81. The zero-order valence-electron chi connectivity index (χ0n) is 14.3. The molecule has 1 amide bonds. The van der Waals surface area contributed by atoms with E-state index in [9.17, 15) is 9.90 Å². The first kappa shape index (κ1) is 16.9. The molecule has 0 saturated heterocycles. The van der Waals surface area contributed by atoms with Gasteiger partial charge in [-0.1, -0.05) is 59.9 Å². The number of carbonyl (C=O) groups is 1. The van der Waals surface area contributed by atoms with Crippen LogP contribution in [0.4, 0.5) is 5.13 Å². The predicted octanol–water partition coefficient (Wildman–Crippen LogP) is 3.36. The summed E-state index contributed by atoms with van der Waals surface area (Å²) in [5.41, 5.74) is 5.16. The van der Waals surface area contributed by atoms with Gasteiger partial charge in [0, 0.05) is 5.92 Å². The largest absolute Gasteiger partial charge is 0.392 e. The highest BCUT2D eigenvalue weighted by atomic mass is 32.1. The van der Waals surface area contributed by atoms with Crippen molar-refractivity contribution in [1.82, 2.24) is 10.2 Å². The molecule has 1 aliphatic rings. The summed E-state index contributed by atoms with van der Waals surface area (Å²) >= 11 is 1.31. The molecule has 132 valence electrons. The number of carbonyl (C=O) groups excluding carboxylic acids is 1. The van der Waals surface area contributed by atoms with E-state index in [1.807, 2.05) is 43.3 Å². The fourth-order valence-electron chi connectivity index (χ4n) is 3.89. The first-order chi connectivity index (χ1) is 12.6. The predicted molar refractivity (Wildman–Crippen MR) is 101 cm³/mol. The maximum Gasteiger partial charge on any atom is 0.233 e. The van der Waals surface area contributed by atoms with Crippen molar-refractivity contribution in [1.29, 1.82) is 0 Å². The molecule has 0 bridgehead atoms. The number of aromatic nitrogens is 2. The Morgan fingerprint density at radius 3 is 2.81 bits per heavy atom. The molecule has 0 fully saturated rings. The lowest BCUT2D eigenvalue weighted by molar-refractivity contribution is -0.125. The zero-order valence-corrected chi connectivity index (χ0v) is 15.2. The first-order valence-electron chi connectivity index (χ1n) is 8.47. The Morgan fingerprint density at radius 2 is 2.12 bits per heavy atom. The van der Waals surface area contributed by atoms with Gasteiger partial charge in [0.1, 0.15) is 5.51 Å². The second-order valence-electron chi connectivity index (χ2n) is 6.83. The van der Waals surface area contributed by atoms with Crippen molar-refractivity contribution >= 4 is 22.4 Å². The Morgan fingerprint density at radius 1 is 1.31 bits per heavy atom. The minimum atomic E-state index is -0.649. The first-order valence-corrected chi connectivity index (χ1v) is 9.35. The topological polar surface area (TPSA) is 75.1 Å². The van der Waals surface area contributed by atoms with Crippen LogP contribution in [-0.4, -0.2) is 21.2 Å². The van der Waals surface area contributed by atoms with Crippen molar-refractivity contribution in [2.75, 3.05) is 5.32 Å². The van der Waals surface area contributed by atoms with Crippen LogP contribution in [-0.2, 0) is 17.8 Å². The zero-order chi connectivity index (χ0) is 18.1. The van der Waals surface area contributed by atoms with Crippen molar-refractivity contribution in [2.24, 2.45) is 5.41 Å². The summed E-state index contributed by atoms with van der Waals surface area (Å²) in [6.07, 6.45) is 0.637. The lowest BCUT2D eigenvalue weighted by atomic mass is 9.73. The van der Waals surface area contributed by atoms with E-state index < -0.39 is 5.41 Å². The molecule has 2 aromatic carbocycles. The van der Waals surface area contributed by atoms with Gasteiger partial charge in [-0.05, 0) is 35.6 Å². The van der Waals surface area contributed by atoms with E-state index in [-0.39, 0.29) is 18.4 Å². The van der Waals surface area contributed by atoms with Gasteiger partial charge in [0.05, 0.1) is 12.0 Å². The number of aliphatic hydroxyl groups excluding tert-OH is 1. The minimum absolute atomic E-state index is 0.0114. The number of anilines is 1. The van der Waals surface area contributed by atoms with E-state index in [4.69, 9.17) is 0 Å². The third-order valence-corrected chi connectivity index (χ3v) is 5.74. The molecule has 6 heteroatoms. The van der Waals surface area contributed by atoms with Crippen LogP contribution in [0.5, 0.6) is 0 Å². The molecular formula is C20H19N3O2S. The van der Waals surface area contributed by atoms with Crippen LogP contribution in [0.15, 0.2) is 54.0 Å². The molecule has 26 heavy (non-hydrogen) atoms. The molecule has 1 heterocycles. The summed E-state index contributed by atoms with van der Waals surface area (Å²) < 4.78 is 0. The minimum Gasteiger partial charge on any atom is -0.392 e. The molecule has 0 spiro atoms. The normalized spacial score (nSPS) is 21.4. The summed E-state index contributed by atoms with van der Waals surface area (Å²) in [7, 11) is 0. The lowest BCUT2D eigenvalue weighted by Crippen LogP contribution is -2.37. The maximum absolute atomic E-state index is 13.2. The Bertz CT molecular complexity index is 927. The molecule has 5 nitrogen and oxygen atoms in total. The molecule has 2 atom stereocenters. The molecule has 1 aromatic heterocycles. The molecule has 0 saturated carbocycles. The second kappa shape index (κ2) is 6.63. The summed E-state index contributed by atoms with van der Waals surface area (Å²) in [5, 5.41) is 20.7. The Labute approximate surface area is 155 Å². The van der Waals surface area contributed by atoms with Crippen LogP contribution in [0, 0.1) is 5.41 Å². The van der Waals surface area contributed by atoms with Gasteiger partial charge in [-0.25, -0.2) is 0 Å². The monoisotopic (exact) mass is 365 g/mol. The van der Waals surface area contributed by atoms with Crippen LogP contribution in [0.2, 0.25) is 0 Å². The van der Waals surface area contributed by atoms with E-state index in [0.717, 1.165) is 22.3 Å². The standard InChI is InChI=1S/C20H19N3O2S/c1-20(18(25)22-19-23-21-12-26-19)10-15-8-7-13(11-24)9-16(15)17(20)14-5-3-2-4-6-14/h2-9,12,17,24H,10-11H2,1H3,(H,22,23,25)/t17-,20+/m0/s1. The van der Waals surface area contributed by atoms with Crippen molar-refractivity contribution in [3.63, 3.8) is 0 Å². The van der Waals surface area contributed by atoms with Gasteiger partial charge >= 0.3 is 0 Å². The number of hydrogen-bond acceptors (Lipinski definition) is 5. The smallest absolute Gasteiger partial charge is 0.233 e. The van der Waals surface area contributed by atoms with Gasteiger partial charge in [0.15, 0.2) is 0 Å². The van der Waals surface area contributed by atoms with Gasteiger partial charge in [0.2, 0.25) is 11.0 Å². The number of benzene rings is 2. The van der Waals surface area contributed by atoms with Gasteiger partial charge in [-0.2, -0.15) is 0 Å². The fraction of sp³-hybridized carbons (Fsp3) is 0.250. The SMILES string of the molecule is C[C@@]1(C(=O)Nc2nncs2)Cc2ccc(CO)cc2[C@@H]1c1ccccc1. The number of nitrogens with one attached hydrogen (secondary N) is 1. The average molecular weight is 365 g/mol. The van der Waals surface area contributed by atoms with E-state index in [1.54, 1.807) is 5.51 Å². The van der Waals surface area contributed by atoms with E-state index >= 15 is 0 Å². The van der Waals surface area contributed by atoms with E-state index in [2.05, 4.69) is 27.6 Å². The quantitative estimate of drug-likeness (QED) is 0.743. The molecule has 0 aliphatic heterocycles. The second-order valence-corrected chi connectivity index (χ2v) is 7.66. The average Bonchev–Trinajstić information content (AvgIpc) is 3.27. The molecule has 1 aliphatic carbocycles. The van der Waals surface area contributed by atoms with Gasteiger partial charge in [-0.15, -0.1) is 10.2 Å². The van der Waals surface area contributed by atoms with Crippen LogP contribution < -0.4 is 5.32 Å². The van der Waals surface area contributed by atoms with Crippen LogP contribution in [0.1, 0.15) is 35.1 Å². The summed E-state index contributed by atoms with van der Waals surface area (Å²) in [6, 6.07) is 16.1. The van der Waals surface area contributed by atoms with E-state index in [0.29, 0.717) is 11.6 Å². The number of nitrogens with zero attached hydrogens (tertiary/aromatic N) is 2. The van der Waals surface area contributed by atoms with Crippen molar-refractivity contribution in [3.8, 4) is 0 Å². The fourth-order valence-corrected chi connectivity index (χ4v) is 4.33. The summed E-state index contributed by atoms with van der Waals surface area (Å²) in [5.74, 6) is -0.150. The molecule has 0 unspecified atom stereocenters. The van der Waals surface area contributed by atoms with Crippen molar-refractivity contribution in [3.05, 3.63) is 76.3 Å². The highest BCUT2D eigenvalue weighted by Gasteiger charge is 2.48. The highest BCUT2D eigenvalue weighted by molar-refractivity contribution is 7.13. The molecule has 3 aromatic rings. The molecule has 0 radical (unpaired) electrons. The van der Waals surface area contributed by atoms with Gasteiger partial charge < -0.3 is 10.4 Å². The summed E-state index contributed by atoms with van der Waals surface area (Å²) in [4.78, 5) is 13.2. The number of fused-ring (bicyclic) bond motifs is 1. The van der Waals surface area contributed by atoms with E-state index in [1.165, 1.54) is 11.3 Å². The van der Waals surface area contributed by atoms with Crippen molar-refractivity contribution in [2.45, 2.75) is 25.9 Å². The Kier molecular flexibility index (Phi) is 4.30. The lowest BCUT2D eigenvalue weighted by Gasteiger charge is -2.31. The molecule has 2 N–H and O–H groups in total. The van der Waals surface area contributed by atoms with Crippen LogP contribution in [0.3, 0.4) is 0 Å². The molecular weight excluding hydrogens is 346 g/mol. The maximum atomic E-state index is 13.2. The summed E-state index contributed by atoms with van der Waals surface area (Å²) in [6.45, 7) is 1.99. The Hall–Kier alpha value is -2.57.